The lowest BCUT2D eigenvalue weighted by Crippen LogP contribution is -1.91. The van der Waals surface area contributed by atoms with Crippen molar-refractivity contribution in [3.05, 3.63) is 15.2 Å². The topological polar surface area (TPSA) is 43.6 Å². The lowest BCUT2D eigenvalue weighted by Gasteiger charge is -1.91. The van der Waals surface area contributed by atoms with Gasteiger partial charge in [-0.15, -0.1) is 0 Å². The summed E-state index contributed by atoms with van der Waals surface area (Å²) in [5.41, 5.74) is 0.763. The molecule has 0 saturated carbocycles. The Hall–Kier alpha value is -0.430. The number of halogens is 2. The van der Waals surface area contributed by atoms with Crippen LogP contribution in [0.1, 0.15) is 0 Å². The summed E-state index contributed by atoms with van der Waals surface area (Å²) in [5, 5.41) is 5.44. The first-order chi connectivity index (χ1) is 5.70. The highest BCUT2D eigenvalue weighted by molar-refractivity contribution is 14.1. The molecule has 0 aliphatic heterocycles. The van der Waals surface area contributed by atoms with E-state index < -0.39 is 0 Å². The van der Waals surface area contributed by atoms with Gasteiger partial charge in [-0.1, -0.05) is 11.6 Å². The van der Waals surface area contributed by atoms with E-state index in [1.165, 1.54) is 6.33 Å². The highest BCUT2D eigenvalue weighted by atomic mass is 127. The zero-order valence-electron chi connectivity index (χ0n) is 6.12. The Morgan fingerprint density at radius 1 is 1.50 bits per heavy atom. The molecule has 0 aliphatic carbocycles. The molecule has 0 amide bonds. The molecule has 0 spiro atoms. The molecule has 0 N–H and O–H groups in total. The largest absolute Gasteiger partial charge is 0.249 e. The first kappa shape index (κ1) is 8.18. The number of rotatable bonds is 0. The molecule has 2 aromatic heterocycles. The summed E-state index contributed by atoms with van der Waals surface area (Å²) in [6.07, 6.45) is 1.43. The highest BCUT2D eigenvalue weighted by Gasteiger charge is 2.10. The van der Waals surface area contributed by atoms with Crippen LogP contribution in [-0.4, -0.2) is 19.7 Å². The van der Waals surface area contributed by atoms with Crippen LogP contribution in [0.15, 0.2) is 6.33 Å². The van der Waals surface area contributed by atoms with Crippen molar-refractivity contribution >= 4 is 45.2 Å². The molecule has 4 nitrogen and oxygen atoms in total. The van der Waals surface area contributed by atoms with Gasteiger partial charge >= 0.3 is 0 Å². The fourth-order valence-corrected chi connectivity index (χ4v) is 2.20. The van der Waals surface area contributed by atoms with Crippen LogP contribution in [0.25, 0.3) is 11.0 Å². The standard InChI is InChI=1S/C6H4ClIN4/c1-12-6-3(5(8)11-12)4(7)9-2-10-6/h2H,1H3. The normalized spacial score (nSPS) is 10.9. The fourth-order valence-electron chi connectivity index (χ4n) is 1.01. The van der Waals surface area contributed by atoms with E-state index in [1.54, 1.807) is 4.68 Å². The Morgan fingerprint density at radius 2 is 2.25 bits per heavy atom. The molecule has 62 valence electrons. The molecule has 2 aromatic rings. The molecule has 0 aliphatic rings. The van der Waals surface area contributed by atoms with E-state index >= 15 is 0 Å². The van der Waals surface area contributed by atoms with E-state index in [0.717, 1.165) is 14.7 Å². The van der Waals surface area contributed by atoms with Crippen molar-refractivity contribution in [2.75, 3.05) is 0 Å². The van der Waals surface area contributed by atoms with Gasteiger partial charge in [-0.2, -0.15) is 5.10 Å². The monoisotopic (exact) mass is 294 g/mol. The molecule has 2 heterocycles. The first-order valence-electron chi connectivity index (χ1n) is 3.19. The van der Waals surface area contributed by atoms with E-state index in [-0.39, 0.29) is 0 Å². The summed E-state index contributed by atoms with van der Waals surface area (Å²) in [6, 6.07) is 0. The zero-order chi connectivity index (χ0) is 8.72. The molecule has 2 rings (SSSR count). The minimum Gasteiger partial charge on any atom is -0.249 e. The van der Waals surface area contributed by atoms with Crippen LogP contribution < -0.4 is 0 Å². The van der Waals surface area contributed by atoms with Crippen LogP contribution in [-0.2, 0) is 7.05 Å². The van der Waals surface area contributed by atoms with E-state index in [1.807, 2.05) is 7.05 Å². The van der Waals surface area contributed by atoms with Gasteiger partial charge in [0.1, 0.15) is 15.2 Å². The summed E-state index contributed by atoms with van der Waals surface area (Å²) in [5.74, 6) is 0. The third kappa shape index (κ3) is 1.08. The minimum atomic E-state index is 0.456. The van der Waals surface area contributed by atoms with Gasteiger partial charge in [0.15, 0.2) is 5.65 Å². The van der Waals surface area contributed by atoms with Gasteiger partial charge in [-0.25, -0.2) is 14.6 Å². The molecular weight excluding hydrogens is 290 g/mol. The number of hydrogen-bond donors (Lipinski definition) is 0. The third-order valence-corrected chi connectivity index (χ3v) is 2.57. The molecular formula is C6H4ClIN4. The average molecular weight is 294 g/mol. The Kier molecular flexibility index (Phi) is 1.91. The Balaban J connectivity index is 2.99. The maximum absolute atomic E-state index is 5.87. The lowest BCUT2D eigenvalue weighted by atomic mass is 10.4. The Labute approximate surface area is 87.1 Å². The van der Waals surface area contributed by atoms with Crippen LogP contribution in [0.3, 0.4) is 0 Å². The molecule has 0 atom stereocenters. The number of nitrogens with zero attached hydrogens (tertiary/aromatic N) is 4. The van der Waals surface area contributed by atoms with E-state index in [0.29, 0.717) is 5.15 Å². The molecule has 6 heteroatoms. The molecule has 0 bridgehead atoms. The predicted molar refractivity (Wildman–Crippen MR) is 54.0 cm³/mol. The van der Waals surface area contributed by atoms with Gasteiger partial charge in [0.2, 0.25) is 0 Å². The van der Waals surface area contributed by atoms with Crippen LogP contribution in [0.2, 0.25) is 5.15 Å². The maximum atomic E-state index is 5.87. The summed E-state index contributed by atoms with van der Waals surface area (Å²) in [6.45, 7) is 0. The highest BCUT2D eigenvalue weighted by Crippen LogP contribution is 2.23. The van der Waals surface area contributed by atoms with Crippen molar-refractivity contribution in [2.45, 2.75) is 0 Å². The molecule has 0 fully saturated rings. The molecule has 0 unspecified atom stereocenters. The van der Waals surface area contributed by atoms with Crippen LogP contribution in [0, 0.1) is 3.70 Å². The molecule has 0 radical (unpaired) electrons. The van der Waals surface area contributed by atoms with E-state index in [4.69, 9.17) is 11.6 Å². The van der Waals surface area contributed by atoms with Crippen molar-refractivity contribution in [3.63, 3.8) is 0 Å². The van der Waals surface area contributed by atoms with Gasteiger partial charge in [0.25, 0.3) is 0 Å². The van der Waals surface area contributed by atoms with Gasteiger partial charge in [-0.3, -0.25) is 0 Å². The van der Waals surface area contributed by atoms with E-state index in [2.05, 4.69) is 37.7 Å². The lowest BCUT2D eigenvalue weighted by molar-refractivity contribution is 0.776. The van der Waals surface area contributed by atoms with Crippen molar-refractivity contribution < 1.29 is 0 Å². The van der Waals surface area contributed by atoms with Crippen LogP contribution >= 0.6 is 34.2 Å². The summed E-state index contributed by atoms with van der Waals surface area (Å²) in [7, 11) is 1.83. The van der Waals surface area contributed by atoms with Gasteiger partial charge in [0, 0.05) is 7.05 Å². The number of aryl methyl sites for hydroxylation is 1. The van der Waals surface area contributed by atoms with Crippen LogP contribution in [0.4, 0.5) is 0 Å². The van der Waals surface area contributed by atoms with Gasteiger partial charge in [0.05, 0.1) is 5.39 Å². The number of aromatic nitrogens is 4. The first-order valence-corrected chi connectivity index (χ1v) is 4.64. The maximum Gasteiger partial charge on any atom is 0.163 e. The Morgan fingerprint density at radius 3 is 2.92 bits per heavy atom. The van der Waals surface area contributed by atoms with Crippen molar-refractivity contribution in [1.29, 1.82) is 0 Å². The second-order valence-electron chi connectivity index (χ2n) is 2.28. The van der Waals surface area contributed by atoms with Crippen molar-refractivity contribution in [2.24, 2.45) is 7.05 Å². The molecule has 0 aromatic carbocycles. The third-order valence-electron chi connectivity index (χ3n) is 1.53. The fraction of sp³-hybridized carbons (Fsp3) is 0.167. The summed E-state index contributed by atoms with van der Waals surface area (Å²) >= 11 is 7.97. The molecule has 12 heavy (non-hydrogen) atoms. The SMILES string of the molecule is Cn1nc(I)c2c(Cl)ncnc21. The second-order valence-corrected chi connectivity index (χ2v) is 3.66. The van der Waals surface area contributed by atoms with Gasteiger partial charge in [-0.05, 0) is 22.6 Å². The number of fused-ring (bicyclic) bond motifs is 1. The van der Waals surface area contributed by atoms with Crippen LogP contribution in [0.5, 0.6) is 0 Å². The second kappa shape index (κ2) is 2.81. The molecule has 0 saturated heterocycles. The van der Waals surface area contributed by atoms with Crippen molar-refractivity contribution in [3.8, 4) is 0 Å². The minimum absolute atomic E-state index is 0.456. The Bertz CT molecular complexity index is 438. The average Bonchev–Trinajstić information content (AvgIpc) is 2.29. The summed E-state index contributed by atoms with van der Waals surface area (Å²) < 4.78 is 2.51. The van der Waals surface area contributed by atoms with Crippen molar-refractivity contribution in [1.82, 2.24) is 19.7 Å². The van der Waals surface area contributed by atoms with E-state index in [9.17, 15) is 0 Å². The smallest absolute Gasteiger partial charge is 0.163 e. The number of hydrogen-bond acceptors (Lipinski definition) is 3. The van der Waals surface area contributed by atoms with Gasteiger partial charge < -0.3 is 0 Å². The summed E-state index contributed by atoms with van der Waals surface area (Å²) in [4.78, 5) is 7.94. The predicted octanol–water partition coefficient (Wildman–Crippen LogP) is 1.62. The quantitative estimate of drug-likeness (QED) is 0.548. The zero-order valence-corrected chi connectivity index (χ0v) is 9.04.